The molecule has 0 aromatic heterocycles. The summed E-state index contributed by atoms with van der Waals surface area (Å²) in [5, 5.41) is 23.2. The molecule has 0 aromatic carbocycles. The summed E-state index contributed by atoms with van der Waals surface area (Å²) in [7, 11) is 0. The number of esters is 1. The molecule has 6 nitrogen and oxygen atoms in total. The lowest BCUT2D eigenvalue weighted by atomic mass is 10.0. The van der Waals surface area contributed by atoms with Gasteiger partial charge in [0.2, 0.25) is 5.91 Å². The number of hydrogen-bond acceptors (Lipinski definition) is 5. The van der Waals surface area contributed by atoms with Crippen LogP contribution in [0.4, 0.5) is 0 Å². The van der Waals surface area contributed by atoms with E-state index in [-0.39, 0.29) is 18.5 Å². The zero-order valence-electron chi connectivity index (χ0n) is 40.9. The molecule has 0 saturated carbocycles. The number of carbonyl (C=O) groups excluding carboxylic acids is 2. The van der Waals surface area contributed by atoms with Gasteiger partial charge in [-0.15, -0.1) is 0 Å². The number of rotatable bonds is 50. The predicted octanol–water partition coefficient (Wildman–Crippen LogP) is 16.3. The molecule has 0 fully saturated rings. The quantitative estimate of drug-likeness (QED) is 0.0322. The Morgan fingerprint density at radius 3 is 1.21 bits per heavy atom. The Morgan fingerprint density at radius 1 is 0.459 bits per heavy atom. The predicted molar refractivity (Wildman–Crippen MR) is 264 cm³/mol. The van der Waals surface area contributed by atoms with Crippen molar-refractivity contribution >= 4 is 11.9 Å². The molecule has 0 radical (unpaired) electrons. The summed E-state index contributed by atoms with van der Waals surface area (Å²) in [6, 6.07) is -0.547. The monoisotopic (exact) mass is 860 g/mol. The van der Waals surface area contributed by atoms with Crippen LogP contribution in [0, 0.1) is 0 Å². The third-order valence-corrected chi connectivity index (χ3v) is 12.5. The van der Waals surface area contributed by atoms with Gasteiger partial charge in [-0.3, -0.25) is 9.59 Å². The van der Waals surface area contributed by atoms with Crippen molar-refractivity contribution in [2.45, 2.75) is 302 Å². The van der Waals surface area contributed by atoms with Crippen LogP contribution >= 0.6 is 0 Å². The van der Waals surface area contributed by atoms with Gasteiger partial charge in [-0.05, 0) is 57.8 Å². The number of nitrogens with one attached hydrogen (secondary N) is 1. The summed E-state index contributed by atoms with van der Waals surface area (Å²) in [4.78, 5) is 24.4. The van der Waals surface area contributed by atoms with Crippen molar-refractivity contribution in [3.05, 3.63) is 24.3 Å². The first kappa shape index (κ1) is 59.3. The average Bonchev–Trinajstić information content (AvgIpc) is 3.26. The molecule has 0 aromatic rings. The zero-order valence-corrected chi connectivity index (χ0v) is 40.9. The molecule has 61 heavy (non-hydrogen) atoms. The number of hydrogen-bond donors (Lipinski definition) is 3. The third-order valence-electron chi connectivity index (χ3n) is 12.5. The Kier molecular flexibility index (Phi) is 49.6. The van der Waals surface area contributed by atoms with Crippen molar-refractivity contribution in [1.29, 1.82) is 0 Å². The summed E-state index contributed by atoms with van der Waals surface area (Å²) in [6.07, 6.45) is 60.2. The first-order chi connectivity index (χ1) is 30.0. The highest BCUT2D eigenvalue weighted by Crippen LogP contribution is 2.16. The number of unbranched alkanes of at least 4 members (excludes halogenated alkanes) is 36. The molecule has 0 heterocycles. The van der Waals surface area contributed by atoms with E-state index in [4.69, 9.17) is 4.74 Å². The molecule has 0 bridgehead atoms. The molecule has 0 aliphatic heterocycles. The summed E-state index contributed by atoms with van der Waals surface area (Å²) in [5.41, 5.74) is 0. The molecule has 0 aliphatic carbocycles. The van der Waals surface area contributed by atoms with E-state index in [1.807, 2.05) is 0 Å². The molecule has 3 N–H and O–H groups in total. The normalized spacial score (nSPS) is 12.8. The fourth-order valence-corrected chi connectivity index (χ4v) is 8.34. The Balaban J connectivity index is 3.47. The molecule has 0 saturated heterocycles. The van der Waals surface area contributed by atoms with Gasteiger partial charge in [-0.1, -0.05) is 244 Å². The van der Waals surface area contributed by atoms with Crippen molar-refractivity contribution < 1.29 is 24.5 Å². The van der Waals surface area contributed by atoms with Crippen LogP contribution in [0.1, 0.15) is 290 Å². The number of allylic oxidation sites excluding steroid dienone is 4. The second-order valence-electron chi connectivity index (χ2n) is 18.6. The summed E-state index contributed by atoms with van der Waals surface area (Å²) >= 11 is 0. The fraction of sp³-hybridized carbons (Fsp3) is 0.891. The Morgan fingerprint density at radius 2 is 0.803 bits per heavy atom. The van der Waals surface area contributed by atoms with Gasteiger partial charge >= 0.3 is 5.97 Å². The van der Waals surface area contributed by atoms with Gasteiger partial charge in [0.05, 0.1) is 25.4 Å². The first-order valence-corrected chi connectivity index (χ1v) is 27.1. The van der Waals surface area contributed by atoms with Crippen molar-refractivity contribution in [1.82, 2.24) is 5.32 Å². The van der Waals surface area contributed by atoms with E-state index in [0.717, 1.165) is 70.6 Å². The molecular formula is C55H105NO5. The minimum absolute atomic E-state index is 0.0119. The van der Waals surface area contributed by atoms with Gasteiger partial charge in [-0.25, -0.2) is 0 Å². The largest absolute Gasteiger partial charge is 0.466 e. The lowest BCUT2D eigenvalue weighted by molar-refractivity contribution is -0.143. The van der Waals surface area contributed by atoms with E-state index in [0.29, 0.717) is 25.9 Å². The van der Waals surface area contributed by atoms with Gasteiger partial charge in [-0.2, -0.15) is 0 Å². The lowest BCUT2D eigenvalue weighted by Crippen LogP contribution is -2.45. The van der Waals surface area contributed by atoms with Crippen LogP contribution in [-0.4, -0.2) is 47.4 Å². The maximum absolute atomic E-state index is 12.4. The van der Waals surface area contributed by atoms with Gasteiger partial charge in [0.25, 0.3) is 0 Å². The second kappa shape index (κ2) is 51.0. The van der Waals surface area contributed by atoms with Crippen molar-refractivity contribution in [2.24, 2.45) is 0 Å². The minimum atomic E-state index is -0.669. The van der Waals surface area contributed by atoms with Gasteiger partial charge < -0.3 is 20.3 Å². The number of aliphatic hydroxyl groups is 2. The van der Waals surface area contributed by atoms with E-state index in [9.17, 15) is 19.8 Å². The Labute approximate surface area is 380 Å². The topological polar surface area (TPSA) is 95.9 Å². The Hall–Kier alpha value is -1.66. The molecule has 2 unspecified atom stereocenters. The van der Waals surface area contributed by atoms with Crippen molar-refractivity contribution in [3.8, 4) is 0 Å². The third kappa shape index (κ3) is 47.7. The molecule has 1 amide bonds. The van der Waals surface area contributed by atoms with Crippen molar-refractivity contribution in [3.63, 3.8) is 0 Å². The molecule has 0 rings (SSSR count). The zero-order chi connectivity index (χ0) is 44.4. The van der Waals surface area contributed by atoms with E-state index in [2.05, 4.69) is 43.5 Å². The lowest BCUT2D eigenvalue weighted by Gasteiger charge is -2.22. The molecule has 2 atom stereocenters. The number of amides is 1. The van der Waals surface area contributed by atoms with E-state index >= 15 is 0 Å². The van der Waals surface area contributed by atoms with Gasteiger partial charge in [0.15, 0.2) is 0 Å². The Bertz CT molecular complexity index is 951. The molecule has 0 spiro atoms. The highest BCUT2D eigenvalue weighted by Gasteiger charge is 2.20. The molecular weight excluding hydrogens is 755 g/mol. The van der Waals surface area contributed by atoms with E-state index in [1.165, 1.54) is 186 Å². The first-order valence-electron chi connectivity index (χ1n) is 27.1. The van der Waals surface area contributed by atoms with Crippen LogP contribution in [0.5, 0.6) is 0 Å². The highest BCUT2D eigenvalue weighted by molar-refractivity contribution is 5.76. The van der Waals surface area contributed by atoms with Crippen LogP contribution in [0.2, 0.25) is 0 Å². The van der Waals surface area contributed by atoms with E-state index < -0.39 is 12.1 Å². The summed E-state index contributed by atoms with van der Waals surface area (Å²) in [5.74, 6) is -0.0571. The van der Waals surface area contributed by atoms with Gasteiger partial charge in [0, 0.05) is 12.8 Å². The van der Waals surface area contributed by atoms with Crippen LogP contribution in [-0.2, 0) is 14.3 Å². The van der Waals surface area contributed by atoms with Crippen LogP contribution in [0.15, 0.2) is 24.3 Å². The minimum Gasteiger partial charge on any atom is -0.466 e. The smallest absolute Gasteiger partial charge is 0.305 e. The number of aliphatic hydroxyl groups excluding tert-OH is 2. The van der Waals surface area contributed by atoms with Crippen LogP contribution in [0.3, 0.4) is 0 Å². The van der Waals surface area contributed by atoms with Gasteiger partial charge in [0.1, 0.15) is 0 Å². The fourth-order valence-electron chi connectivity index (χ4n) is 8.34. The molecule has 0 aliphatic rings. The average molecular weight is 860 g/mol. The number of carbonyl (C=O) groups is 2. The van der Waals surface area contributed by atoms with Crippen LogP contribution < -0.4 is 5.32 Å². The standard InChI is InChI=1S/C55H105NO5/c1-3-5-7-9-11-13-15-24-29-33-37-41-45-49-55(60)61-50-46-42-38-34-30-26-23-21-19-17-18-20-22-25-28-32-36-40-44-48-54(59)56-52(51-57)53(58)47-43-39-35-31-27-16-14-12-10-8-6-4-2/h21,23,26,30,52-53,57-58H,3-20,22,24-25,27-29,31-51H2,1-2H3,(H,56,59)/b23-21-,30-26-. The maximum Gasteiger partial charge on any atom is 0.305 e. The second-order valence-corrected chi connectivity index (χ2v) is 18.6. The molecule has 360 valence electrons. The van der Waals surface area contributed by atoms with E-state index in [1.54, 1.807) is 0 Å². The maximum atomic E-state index is 12.4. The number of ether oxygens (including phenoxy) is 1. The highest BCUT2D eigenvalue weighted by atomic mass is 16.5. The van der Waals surface area contributed by atoms with Crippen LogP contribution in [0.25, 0.3) is 0 Å². The SMILES string of the molecule is CCCCCCCCCCCCCCCC(=O)OCCCCC/C=C\C=C/CCCCCCCCCCCCC(=O)NC(CO)C(O)CCCCCCCCCCCCCC. The summed E-state index contributed by atoms with van der Waals surface area (Å²) < 4.78 is 5.44. The summed E-state index contributed by atoms with van der Waals surface area (Å²) in [6.45, 7) is 4.91. The van der Waals surface area contributed by atoms with Crippen molar-refractivity contribution in [2.75, 3.05) is 13.2 Å². The molecule has 6 heteroatoms.